The number of thioether (sulfide) groups is 1. The highest BCUT2D eigenvalue weighted by Gasteiger charge is 2.28. The Morgan fingerprint density at radius 1 is 1.53 bits per heavy atom. The molecule has 19 heavy (non-hydrogen) atoms. The number of rotatable bonds is 2. The zero-order valence-electron chi connectivity index (χ0n) is 10.1. The van der Waals surface area contributed by atoms with E-state index in [0.717, 1.165) is 11.8 Å². The molecule has 1 atom stereocenters. The minimum absolute atomic E-state index is 0.170. The maximum absolute atomic E-state index is 12.0. The fourth-order valence-corrected chi connectivity index (χ4v) is 2.37. The number of nitrogens with two attached hydrogens (primary N) is 1. The van der Waals surface area contributed by atoms with Crippen LogP contribution in [0.4, 0.5) is 10.5 Å². The van der Waals surface area contributed by atoms with Crippen LogP contribution in [0.3, 0.4) is 0 Å². The number of hydrogen-bond donors (Lipinski definition) is 3. The molecule has 1 aliphatic heterocycles. The summed E-state index contributed by atoms with van der Waals surface area (Å²) < 4.78 is 0. The predicted molar refractivity (Wildman–Crippen MR) is 75.8 cm³/mol. The van der Waals surface area contributed by atoms with E-state index in [9.17, 15) is 9.59 Å². The maximum atomic E-state index is 12.0. The van der Waals surface area contributed by atoms with E-state index in [1.807, 2.05) is 12.1 Å². The lowest BCUT2D eigenvalue weighted by atomic mass is 10.1. The summed E-state index contributed by atoms with van der Waals surface area (Å²) in [7, 11) is 0. The summed E-state index contributed by atoms with van der Waals surface area (Å²) in [5.74, 6) is 5.85. The van der Waals surface area contributed by atoms with Crippen LogP contribution < -0.4 is 16.4 Å². The molecule has 0 spiro atoms. The van der Waals surface area contributed by atoms with E-state index in [0.29, 0.717) is 17.0 Å². The van der Waals surface area contributed by atoms with Crippen molar-refractivity contribution in [2.24, 2.45) is 5.73 Å². The second kappa shape index (κ2) is 6.27. The van der Waals surface area contributed by atoms with Crippen LogP contribution in [-0.2, 0) is 4.79 Å². The molecule has 1 aliphatic rings. The van der Waals surface area contributed by atoms with Gasteiger partial charge in [0.15, 0.2) is 0 Å². The Morgan fingerprint density at radius 3 is 3.00 bits per heavy atom. The van der Waals surface area contributed by atoms with Crippen LogP contribution in [0.25, 0.3) is 0 Å². The lowest BCUT2D eigenvalue weighted by molar-refractivity contribution is -0.117. The maximum Gasteiger partial charge on any atom is 0.279 e. The average Bonchev–Trinajstić information content (AvgIpc) is 2.84. The van der Waals surface area contributed by atoms with Crippen molar-refractivity contribution in [3.63, 3.8) is 0 Å². The number of carbonyl (C=O) groups is 2. The molecule has 0 aliphatic carbocycles. The van der Waals surface area contributed by atoms with Gasteiger partial charge in [-0.15, -0.1) is 0 Å². The molecule has 2 amide bonds. The normalized spacial score (nSPS) is 17.3. The Labute approximate surface area is 115 Å². The number of benzene rings is 1. The fourth-order valence-electron chi connectivity index (χ4n) is 1.59. The van der Waals surface area contributed by atoms with E-state index < -0.39 is 6.04 Å². The summed E-state index contributed by atoms with van der Waals surface area (Å²) >= 11 is 1.11. The number of amides is 2. The summed E-state index contributed by atoms with van der Waals surface area (Å²) in [5.41, 5.74) is 6.66. The number of hydrogen-bond acceptors (Lipinski definition) is 4. The molecular weight excluding hydrogens is 262 g/mol. The largest absolute Gasteiger partial charge is 0.334 e. The van der Waals surface area contributed by atoms with Gasteiger partial charge in [-0.3, -0.25) is 9.59 Å². The lowest BCUT2D eigenvalue weighted by Crippen LogP contribution is -2.38. The van der Waals surface area contributed by atoms with Gasteiger partial charge in [0.2, 0.25) is 5.91 Å². The lowest BCUT2D eigenvalue weighted by Gasteiger charge is -2.11. The monoisotopic (exact) mass is 275 g/mol. The predicted octanol–water partition coefficient (Wildman–Crippen LogP) is 0.760. The number of nitrogens with one attached hydrogen (secondary N) is 2. The van der Waals surface area contributed by atoms with Gasteiger partial charge < -0.3 is 16.4 Å². The first kappa shape index (κ1) is 13.5. The number of carbonyl (C=O) groups excluding carboxylic acids is 2. The van der Waals surface area contributed by atoms with Gasteiger partial charge in [-0.1, -0.05) is 35.7 Å². The Morgan fingerprint density at radius 2 is 2.32 bits per heavy atom. The third-order valence-corrected chi connectivity index (χ3v) is 3.38. The third-order valence-electron chi connectivity index (χ3n) is 2.50. The fraction of sp³-hybridized carbons (Fsp3) is 0.231. The minimum Gasteiger partial charge on any atom is -0.334 e. The molecular formula is C13H13N3O2S. The molecule has 1 aromatic rings. The first-order chi connectivity index (χ1) is 9.20. The SMILES string of the molecule is NCC#Cc1ccccc1NC(=O)C1CSC(=O)N1. The molecule has 5 nitrogen and oxygen atoms in total. The van der Waals surface area contributed by atoms with Crippen LogP contribution in [0.1, 0.15) is 5.56 Å². The molecule has 4 N–H and O–H groups in total. The van der Waals surface area contributed by atoms with Crippen LogP contribution in [0, 0.1) is 11.8 Å². The smallest absolute Gasteiger partial charge is 0.279 e. The molecule has 1 aromatic carbocycles. The summed E-state index contributed by atoms with van der Waals surface area (Å²) in [5, 5.41) is 5.19. The summed E-state index contributed by atoms with van der Waals surface area (Å²) in [6, 6.07) is 6.73. The van der Waals surface area contributed by atoms with Gasteiger partial charge in [0.25, 0.3) is 5.24 Å². The summed E-state index contributed by atoms with van der Waals surface area (Å²) in [4.78, 5) is 23.0. The van der Waals surface area contributed by atoms with Crippen molar-refractivity contribution >= 4 is 28.6 Å². The highest BCUT2D eigenvalue weighted by atomic mass is 32.2. The molecule has 98 valence electrons. The van der Waals surface area contributed by atoms with Crippen LogP contribution >= 0.6 is 11.8 Å². The third kappa shape index (κ3) is 3.50. The van der Waals surface area contributed by atoms with Gasteiger partial charge in [0, 0.05) is 11.3 Å². The van der Waals surface area contributed by atoms with Crippen molar-refractivity contribution in [1.29, 1.82) is 0 Å². The Balaban J connectivity index is 2.10. The van der Waals surface area contributed by atoms with Crippen LogP contribution in [0.15, 0.2) is 24.3 Å². The van der Waals surface area contributed by atoms with Gasteiger partial charge in [0.05, 0.1) is 12.2 Å². The van der Waals surface area contributed by atoms with Crippen LogP contribution in [0.2, 0.25) is 0 Å². The minimum atomic E-state index is -0.493. The molecule has 0 aromatic heterocycles. The molecule has 1 unspecified atom stereocenters. The first-order valence-corrected chi connectivity index (χ1v) is 6.71. The first-order valence-electron chi connectivity index (χ1n) is 5.73. The molecule has 6 heteroatoms. The van der Waals surface area contributed by atoms with E-state index >= 15 is 0 Å². The Hall–Kier alpha value is -1.97. The topological polar surface area (TPSA) is 84.2 Å². The Kier molecular flexibility index (Phi) is 4.44. The van der Waals surface area contributed by atoms with Crippen molar-refractivity contribution in [1.82, 2.24) is 5.32 Å². The van der Waals surface area contributed by atoms with Crippen LogP contribution in [-0.4, -0.2) is 29.5 Å². The van der Waals surface area contributed by atoms with Crippen molar-refractivity contribution < 1.29 is 9.59 Å². The summed E-state index contributed by atoms with van der Waals surface area (Å²) in [6.45, 7) is 0.262. The molecule has 0 radical (unpaired) electrons. The van der Waals surface area contributed by atoms with E-state index in [2.05, 4.69) is 22.5 Å². The molecule has 0 saturated carbocycles. The molecule has 1 heterocycles. The van der Waals surface area contributed by atoms with Gasteiger partial charge in [-0.25, -0.2) is 0 Å². The zero-order valence-corrected chi connectivity index (χ0v) is 10.9. The second-order valence-corrected chi connectivity index (χ2v) is 4.83. The summed E-state index contributed by atoms with van der Waals surface area (Å²) in [6.07, 6.45) is 0. The van der Waals surface area contributed by atoms with E-state index in [-0.39, 0.29) is 17.7 Å². The van der Waals surface area contributed by atoms with Crippen LogP contribution in [0.5, 0.6) is 0 Å². The van der Waals surface area contributed by atoms with E-state index in [4.69, 9.17) is 5.73 Å². The number of para-hydroxylation sites is 1. The van der Waals surface area contributed by atoms with Crippen molar-refractivity contribution in [2.45, 2.75) is 6.04 Å². The molecule has 2 rings (SSSR count). The van der Waals surface area contributed by atoms with E-state index in [1.54, 1.807) is 12.1 Å². The van der Waals surface area contributed by atoms with Gasteiger partial charge in [-0.2, -0.15) is 0 Å². The highest BCUT2D eigenvalue weighted by Crippen LogP contribution is 2.17. The average molecular weight is 275 g/mol. The zero-order chi connectivity index (χ0) is 13.7. The standard InChI is InChI=1S/C13H13N3O2S/c14-7-3-5-9-4-1-2-6-10(9)15-12(17)11-8-19-13(18)16-11/h1-2,4,6,11H,7-8,14H2,(H,15,17)(H,16,18). The van der Waals surface area contributed by atoms with Gasteiger partial charge in [-0.05, 0) is 12.1 Å². The van der Waals surface area contributed by atoms with Gasteiger partial charge in [0.1, 0.15) is 6.04 Å². The Bertz CT molecular complexity index is 562. The van der Waals surface area contributed by atoms with E-state index in [1.165, 1.54) is 0 Å². The second-order valence-electron chi connectivity index (χ2n) is 3.84. The number of anilines is 1. The van der Waals surface area contributed by atoms with Crippen molar-refractivity contribution in [3.05, 3.63) is 29.8 Å². The molecule has 1 saturated heterocycles. The van der Waals surface area contributed by atoms with Crippen molar-refractivity contribution in [2.75, 3.05) is 17.6 Å². The van der Waals surface area contributed by atoms with Gasteiger partial charge >= 0.3 is 0 Å². The quantitative estimate of drug-likeness (QED) is 0.696. The molecule has 1 fully saturated rings. The van der Waals surface area contributed by atoms with Crippen molar-refractivity contribution in [3.8, 4) is 11.8 Å². The molecule has 0 bridgehead atoms. The highest BCUT2D eigenvalue weighted by molar-refractivity contribution is 8.14.